The SMILES string of the molecule is COC(=O)C(=[N+]=[N-])C(=O)CC1OCC=CCO1. The highest BCUT2D eigenvalue weighted by Gasteiger charge is 2.32. The van der Waals surface area contributed by atoms with E-state index in [4.69, 9.17) is 15.0 Å². The van der Waals surface area contributed by atoms with Crippen molar-refractivity contribution in [2.45, 2.75) is 12.7 Å². The van der Waals surface area contributed by atoms with Crippen molar-refractivity contribution in [1.29, 1.82) is 0 Å². The number of Topliss-reactive ketones (excluding diaryl/α,β-unsaturated/α-hetero) is 1. The molecule has 0 aromatic carbocycles. The summed E-state index contributed by atoms with van der Waals surface area (Å²) in [6.07, 6.45) is 2.53. The van der Waals surface area contributed by atoms with E-state index in [1.165, 1.54) is 0 Å². The van der Waals surface area contributed by atoms with Crippen LogP contribution in [0.25, 0.3) is 5.53 Å². The van der Waals surface area contributed by atoms with Gasteiger partial charge in [0.25, 0.3) is 5.78 Å². The second-order valence-electron chi connectivity index (χ2n) is 3.14. The number of carbonyl (C=O) groups excluding carboxylic acids is 2. The van der Waals surface area contributed by atoms with Gasteiger partial charge in [-0.1, -0.05) is 12.2 Å². The first-order valence-electron chi connectivity index (χ1n) is 4.90. The molecule has 92 valence electrons. The molecule has 1 aliphatic heterocycles. The third kappa shape index (κ3) is 3.92. The van der Waals surface area contributed by atoms with E-state index >= 15 is 0 Å². The Morgan fingerprint density at radius 3 is 2.47 bits per heavy atom. The summed E-state index contributed by atoms with van der Waals surface area (Å²) in [5, 5.41) is 0. The van der Waals surface area contributed by atoms with Gasteiger partial charge in [-0.2, -0.15) is 4.79 Å². The first kappa shape index (κ1) is 13.2. The van der Waals surface area contributed by atoms with Crippen LogP contribution in [0.15, 0.2) is 12.2 Å². The number of esters is 1. The lowest BCUT2D eigenvalue weighted by Gasteiger charge is -2.12. The molecule has 7 nitrogen and oxygen atoms in total. The van der Waals surface area contributed by atoms with Crippen LogP contribution in [-0.4, -0.2) is 48.9 Å². The van der Waals surface area contributed by atoms with E-state index in [9.17, 15) is 9.59 Å². The van der Waals surface area contributed by atoms with Crippen LogP contribution in [0.3, 0.4) is 0 Å². The van der Waals surface area contributed by atoms with Crippen molar-refractivity contribution in [2.24, 2.45) is 0 Å². The Bertz CT molecular complexity index is 374. The fourth-order valence-electron chi connectivity index (χ4n) is 1.18. The molecule has 1 heterocycles. The molecule has 0 radical (unpaired) electrons. The molecule has 7 heteroatoms. The summed E-state index contributed by atoms with van der Waals surface area (Å²) < 4.78 is 14.6. The predicted molar refractivity (Wildman–Crippen MR) is 55.1 cm³/mol. The van der Waals surface area contributed by atoms with Crippen LogP contribution in [0.2, 0.25) is 0 Å². The molecule has 0 aromatic heterocycles. The van der Waals surface area contributed by atoms with Crippen LogP contribution in [-0.2, 0) is 23.8 Å². The molecule has 0 atom stereocenters. The molecule has 0 bridgehead atoms. The first-order valence-corrected chi connectivity index (χ1v) is 4.90. The lowest BCUT2D eigenvalue weighted by atomic mass is 10.2. The van der Waals surface area contributed by atoms with Crippen LogP contribution >= 0.6 is 0 Å². The Morgan fingerprint density at radius 1 is 1.41 bits per heavy atom. The van der Waals surface area contributed by atoms with Crippen molar-refractivity contribution in [1.82, 2.24) is 0 Å². The smallest absolute Gasteiger partial charge is 0.441 e. The predicted octanol–water partition coefficient (Wildman–Crippen LogP) is -0.282. The molecule has 0 amide bonds. The van der Waals surface area contributed by atoms with E-state index in [1.54, 1.807) is 12.2 Å². The number of hydrogen-bond acceptors (Lipinski definition) is 5. The molecule has 0 unspecified atom stereocenters. The topological polar surface area (TPSA) is 98.2 Å². The van der Waals surface area contributed by atoms with Crippen molar-refractivity contribution < 1.29 is 28.6 Å². The summed E-state index contributed by atoms with van der Waals surface area (Å²) in [7, 11) is 1.09. The summed E-state index contributed by atoms with van der Waals surface area (Å²) in [5.41, 5.74) is 7.89. The average Bonchev–Trinajstić information content (AvgIpc) is 2.58. The number of rotatable bonds is 4. The van der Waals surface area contributed by atoms with Gasteiger partial charge in [-0.05, 0) is 0 Å². The lowest BCUT2D eigenvalue weighted by Crippen LogP contribution is -2.31. The molecule has 0 aliphatic carbocycles. The highest BCUT2D eigenvalue weighted by molar-refractivity contribution is 6.62. The van der Waals surface area contributed by atoms with Gasteiger partial charge in [-0.15, -0.1) is 0 Å². The average molecular weight is 240 g/mol. The minimum absolute atomic E-state index is 0.212. The summed E-state index contributed by atoms with van der Waals surface area (Å²) >= 11 is 0. The van der Waals surface area contributed by atoms with Crippen molar-refractivity contribution in [2.75, 3.05) is 20.3 Å². The van der Waals surface area contributed by atoms with Gasteiger partial charge in [-0.25, -0.2) is 4.79 Å². The van der Waals surface area contributed by atoms with Gasteiger partial charge in [-0.3, -0.25) is 4.79 Å². The maximum Gasteiger partial charge on any atom is 0.441 e. The zero-order valence-corrected chi connectivity index (χ0v) is 9.29. The Kier molecular flexibility index (Phi) is 5.22. The highest BCUT2D eigenvalue weighted by atomic mass is 16.7. The monoisotopic (exact) mass is 240 g/mol. The quantitative estimate of drug-likeness (QED) is 0.168. The standard InChI is InChI=1S/C10H12N2O5/c1-15-10(14)9(12-11)7(13)6-8-16-4-2-3-5-17-8/h2-3,8H,4-6H2,1H3. The van der Waals surface area contributed by atoms with Crippen molar-refractivity contribution in [3.05, 3.63) is 17.7 Å². The third-order valence-electron chi connectivity index (χ3n) is 2.02. The molecule has 0 spiro atoms. The molecule has 1 rings (SSSR count). The van der Waals surface area contributed by atoms with E-state index in [1.807, 2.05) is 0 Å². The number of nitrogens with zero attached hydrogens (tertiary/aromatic N) is 2. The zero-order chi connectivity index (χ0) is 12.7. The van der Waals surface area contributed by atoms with Crippen LogP contribution in [0.5, 0.6) is 0 Å². The molecule has 0 saturated carbocycles. The van der Waals surface area contributed by atoms with Gasteiger partial charge in [0.1, 0.15) is 0 Å². The van der Waals surface area contributed by atoms with E-state index in [0.29, 0.717) is 13.2 Å². The second-order valence-corrected chi connectivity index (χ2v) is 3.14. The maximum atomic E-state index is 11.6. The molecular weight excluding hydrogens is 228 g/mol. The Labute approximate surface area is 97.6 Å². The Balaban J connectivity index is 2.58. The first-order chi connectivity index (χ1) is 8.19. The van der Waals surface area contributed by atoms with Gasteiger partial charge in [0.05, 0.1) is 26.7 Å². The summed E-state index contributed by atoms with van der Waals surface area (Å²) in [4.78, 5) is 25.3. The van der Waals surface area contributed by atoms with E-state index in [2.05, 4.69) is 9.53 Å². The number of hydrogen-bond donors (Lipinski definition) is 0. The number of ketones is 1. The zero-order valence-electron chi connectivity index (χ0n) is 9.29. The second kappa shape index (κ2) is 6.70. The molecule has 0 N–H and O–H groups in total. The van der Waals surface area contributed by atoms with Crippen LogP contribution in [0, 0.1) is 0 Å². The number of ether oxygens (including phenoxy) is 3. The summed E-state index contributed by atoms with van der Waals surface area (Å²) in [6.45, 7) is 0.642. The van der Waals surface area contributed by atoms with Gasteiger partial charge < -0.3 is 19.7 Å². The molecule has 0 saturated heterocycles. The van der Waals surface area contributed by atoms with Gasteiger partial charge in [0.2, 0.25) is 0 Å². The van der Waals surface area contributed by atoms with Crippen LogP contribution < -0.4 is 0 Å². The number of carbonyl (C=O) groups is 2. The highest BCUT2D eigenvalue weighted by Crippen LogP contribution is 2.06. The molecule has 0 fully saturated rings. The molecule has 17 heavy (non-hydrogen) atoms. The molecule has 0 aromatic rings. The fourth-order valence-corrected chi connectivity index (χ4v) is 1.18. The minimum Gasteiger partial charge on any atom is -0.460 e. The summed E-state index contributed by atoms with van der Waals surface area (Å²) in [6, 6.07) is 0. The van der Waals surface area contributed by atoms with Gasteiger partial charge in [0, 0.05) is 0 Å². The van der Waals surface area contributed by atoms with Crippen LogP contribution in [0.1, 0.15) is 6.42 Å². The van der Waals surface area contributed by atoms with Gasteiger partial charge in [0.15, 0.2) is 6.29 Å². The van der Waals surface area contributed by atoms with Crippen molar-refractivity contribution >= 4 is 17.5 Å². The molecular formula is C10H12N2O5. The third-order valence-corrected chi connectivity index (χ3v) is 2.02. The normalized spacial score (nSPS) is 15.8. The van der Waals surface area contributed by atoms with Crippen molar-refractivity contribution in [3.63, 3.8) is 0 Å². The summed E-state index contributed by atoms with van der Waals surface area (Å²) in [5.74, 6) is -1.70. The minimum atomic E-state index is -0.996. The van der Waals surface area contributed by atoms with E-state index in [-0.39, 0.29) is 6.42 Å². The fraction of sp³-hybridized carbons (Fsp3) is 0.500. The molecule has 1 aliphatic rings. The largest absolute Gasteiger partial charge is 0.460 e. The Hall–Kier alpha value is -1.82. The Morgan fingerprint density at radius 2 is 2.00 bits per heavy atom. The van der Waals surface area contributed by atoms with Gasteiger partial charge >= 0.3 is 11.7 Å². The lowest BCUT2D eigenvalue weighted by molar-refractivity contribution is -0.147. The van der Waals surface area contributed by atoms with Crippen molar-refractivity contribution in [3.8, 4) is 0 Å². The van der Waals surface area contributed by atoms with E-state index in [0.717, 1.165) is 7.11 Å². The number of methoxy groups -OCH3 is 1. The maximum absolute atomic E-state index is 11.6. The van der Waals surface area contributed by atoms with E-state index < -0.39 is 23.8 Å². The van der Waals surface area contributed by atoms with Crippen LogP contribution in [0.4, 0.5) is 0 Å².